The largest absolute Gasteiger partial charge is 0.467 e. The molecule has 0 radical (unpaired) electrons. The number of carbonyl (C=O) groups excluding carboxylic acids is 2. The van der Waals surface area contributed by atoms with Crippen LogP contribution in [0.3, 0.4) is 0 Å². The SMILES string of the molecule is COC(=O)[C@@H](Cc1ccccc1)NC(=O)c1cc2ccccc2o1. The van der Waals surface area contributed by atoms with E-state index in [2.05, 4.69) is 5.32 Å². The maximum atomic E-state index is 12.4. The molecule has 0 aliphatic rings. The maximum Gasteiger partial charge on any atom is 0.328 e. The number of esters is 1. The molecule has 0 fully saturated rings. The van der Waals surface area contributed by atoms with Crippen LogP contribution in [0, 0.1) is 0 Å². The van der Waals surface area contributed by atoms with Gasteiger partial charge >= 0.3 is 5.97 Å². The minimum absolute atomic E-state index is 0.165. The predicted octanol–water partition coefficient (Wildman–Crippen LogP) is 2.95. The van der Waals surface area contributed by atoms with Gasteiger partial charge in [0.2, 0.25) is 0 Å². The highest BCUT2D eigenvalue weighted by Gasteiger charge is 2.24. The molecule has 3 aromatic rings. The average Bonchev–Trinajstić information content (AvgIpc) is 3.05. The summed E-state index contributed by atoms with van der Waals surface area (Å²) in [6.07, 6.45) is 0.347. The number of furan rings is 1. The Kier molecular flexibility index (Phi) is 4.61. The lowest BCUT2D eigenvalue weighted by Crippen LogP contribution is -2.42. The van der Waals surface area contributed by atoms with E-state index >= 15 is 0 Å². The van der Waals surface area contributed by atoms with Gasteiger partial charge < -0.3 is 14.5 Å². The minimum atomic E-state index is -0.780. The topological polar surface area (TPSA) is 68.5 Å². The van der Waals surface area contributed by atoms with Gasteiger partial charge in [-0.05, 0) is 17.7 Å². The van der Waals surface area contributed by atoms with Crippen LogP contribution in [0.1, 0.15) is 16.1 Å². The molecule has 1 amide bonds. The van der Waals surface area contributed by atoms with Crippen molar-refractivity contribution in [1.82, 2.24) is 5.32 Å². The van der Waals surface area contributed by atoms with Crippen LogP contribution in [0.15, 0.2) is 65.1 Å². The van der Waals surface area contributed by atoms with E-state index in [0.29, 0.717) is 12.0 Å². The van der Waals surface area contributed by atoms with Gasteiger partial charge in [0.15, 0.2) is 5.76 Å². The van der Waals surface area contributed by atoms with Gasteiger partial charge in [-0.2, -0.15) is 0 Å². The number of hydrogen-bond donors (Lipinski definition) is 1. The lowest BCUT2D eigenvalue weighted by molar-refractivity contribution is -0.142. The molecule has 0 saturated carbocycles. The van der Waals surface area contributed by atoms with Crippen molar-refractivity contribution < 1.29 is 18.7 Å². The van der Waals surface area contributed by atoms with Crippen molar-refractivity contribution >= 4 is 22.8 Å². The molecule has 0 saturated heterocycles. The predicted molar refractivity (Wildman–Crippen MR) is 89.6 cm³/mol. The summed E-state index contributed by atoms with van der Waals surface area (Å²) in [6, 6.07) is 17.7. The molecule has 3 rings (SSSR count). The van der Waals surface area contributed by atoms with Crippen molar-refractivity contribution in [2.24, 2.45) is 0 Å². The zero-order valence-electron chi connectivity index (χ0n) is 13.2. The number of methoxy groups -OCH3 is 1. The standard InChI is InChI=1S/C19H17NO4/c1-23-19(22)15(11-13-7-3-2-4-8-13)20-18(21)17-12-14-9-5-6-10-16(14)24-17/h2-10,12,15H,11H2,1H3,(H,20,21)/t15-/m1/s1. The fourth-order valence-corrected chi connectivity index (χ4v) is 2.51. The van der Waals surface area contributed by atoms with Gasteiger partial charge in [-0.25, -0.2) is 4.79 Å². The smallest absolute Gasteiger partial charge is 0.328 e. The number of carbonyl (C=O) groups is 2. The molecule has 1 N–H and O–H groups in total. The molecule has 1 aromatic heterocycles. The highest BCUT2D eigenvalue weighted by atomic mass is 16.5. The normalized spacial score (nSPS) is 11.9. The van der Waals surface area contributed by atoms with Crippen LogP contribution in [0.25, 0.3) is 11.0 Å². The van der Waals surface area contributed by atoms with Gasteiger partial charge in [-0.15, -0.1) is 0 Å². The minimum Gasteiger partial charge on any atom is -0.467 e. The summed E-state index contributed by atoms with van der Waals surface area (Å²) >= 11 is 0. The number of benzene rings is 2. The van der Waals surface area contributed by atoms with Gasteiger partial charge in [0, 0.05) is 11.8 Å². The van der Waals surface area contributed by atoms with Crippen molar-refractivity contribution in [3.63, 3.8) is 0 Å². The number of rotatable bonds is 5. The van der Waals surface area contributed by atoms with Crippen LogP contribution in [-0.2, 0) is 16.0 Å². The first kappa shape index (κ1) is 15.8. The van der Waals surface area contributed by atoms with Gasteiger partial charge in [-0.1, -0.05) is 48.5 Å². The number of nitrogens with one attached hydrogen (secondary N) is 1. The Morgan fingerprint density at radius 2 is 1.79 bits per heavy atom. The molecule has 0 unspecified atom stereocenters. The second-order valence-electron chi connectivity index (χ2n) is 5.39. The van der Waals surface area contributed by atoms with E-state index in [4.69, 9.17) is 9.15 Å². The van der Waals surface area contributed by atoms with E-state index in [1.54, 1.807) is 12.1 Å². The van der Waals surface area contributed by atoms with Crippen LogP contribution >= 0.6 is 0 Å². The molecule has 1 heterocycles. The third-order valence-electron chi connectivity index (χ3n) is 3.72. The third kappa shape index (κ3) is 3.46. The Labute approximate surface area is 139 Å². The highest BCUT2D eigenvalue weighted by Crippen LogP contribution is 2.19. The molecular formula is C19H17NO4. The molecule has 122 valence electrons. The van der Waals surface area contributed by atoms with Crippen molar-refractivity contribution in [3.05, 3.63) is 72.0 Å². The van der Waals surface area contributed by atoms with Crippen LogP contribution in [0.4, 0.5) is 0 Å². The van der Waals surface area contributed by atoms with Gasteiger partial charge in [0.05, 0.1) is 7.11 Å². The lowest BCUT2D eigenvalue weighted by Gasteiger charge is -2.15. The number of ether oxygens (including phenoxy) is 1. The molecule has 5 heteroatoms. The molecule has 24 heavy (non-hydrogen) atoms. The van der Waals surface area contributed by atoms with Gasteiger partial charge in [0.1, 0.15) is 11.6 Å². The second kappa shape index (κ2) is 7.00. The van der Waals surface area contributed by atoms with Crippen molar-refractivity contribution in [3.8, 4) is 0 Å². The summed E-state index contributed by atoms with van der Waals surface area (Å²) in [4.78, 5) is 24.4. The zero-order valence-corrected chi connectivity index (χ0v) is 13.2. The number of fused-ring (bicyclic) bond motifs is 1. The second-order valence-corrected chi connectivity index (χ2v) is 5.39. The summed E-state index contributed by atoms with van der Waals surface area (Å²) < 4.78 is 10.3. The van der Waals surface area contributed by atoms with Gasteiger partial charge in [-0.3, -0.25) is 4.79 Å². The van der Waals surface area contributed by atoms with Crippen molar-refractivity contribution in [1.29, 1.82) is 0 Å². The zero-order chi connectivity index (χ0) is 16.9. The summed E-state index contributed by atoms with van der Waals surface area (Å²) in [6.45, 7) is 0. The first-order valence-corrected chi connectivity index (χ1v) is 7.58. The first-order chi connectivity index (χ1) is 11.7. The van der Waals surface area contributed by atoms with Crippen molar-refractivity contribution in [2.45, 2.75) is 12.5 Å². The lowest BCUT2D eigenvalue weighted by atomic mass is 10.1. The molecule has 0 aliphatic heterocycles. The first-order valence-electron chi connectivity index (χ1n) is 7.58. The molecule has 5 nitrogen and oxygen atoms in total. The number of hydrogen-bond acceptors (Lipinski definition) is 4. The molecule has 0 spiro atoms. The Morgan fingerprint density at radius 1 is 1.08 bits per heavy atom. The molecular weight excluding hydrogens is 306 g/mol. The van der Waals surface area contributed by atoms with Crippen LogP contribution in [0.5, 0.6) is 0 Å². The Morgan fingerprint density at radius 3 is 2.50 bits per heavy atom. The quantitative estimate of drug-likeness (QED) is 0.733. The van der Waals surface area contributed by atoms with E-state index in [1.807, 2.05) is 48.5 Å². The van der Waals surface area contributed by atoms with Crippen molar-refractivity contribution in [2.75, 3.05) is 7.11 Å². The Hall–Kier alpha value is -3.08. The summed E-state index contributed by atoms with van der Waals surface area (Å²) in [5, 5.41) is 3.52. The Balaban J connectivity index is 1.78. The summed E-state index contributed by atoms with van der Waals surface area (Å²) in [7, 11) is 1.30. The fourth-order valence-electron chi connectivity index (χ4n) is 2.51. The molecule has 1 atom stereocenters. The van der Waals surface area contributed by atoms with Crippen LogP contribution in [0.2, 0.25) is 0 Å². The van der Waals surface area contributed by atoms with E-state index in [1.165, 1.54) is 7.11 Å². The van der Waals surface area contributed by atoms with E-state index in [-0.39, 0.29) is 5.76 Å². The van der Waals surface area contributed by atoms with Crippen LogP contribution in [-0.4, -0.2) is 25.0 Å². The molecule has 2 aromatic carbocycles. The fraction of sp³-hybridized carbons (Fsp3) is 0.158. The number of para-hydroxylation sites is 1. The average molecular weight is 323 g/mol. The van der Waals surface area contributed by atoms with E-state index in [9.17, 15) is 9.59 Å². The highest BCUT2D eigenvalue weighted by molar-refractivity contribution is 5.98. The summed E-state index contributed by atoms with van der Waals surface area (Å²) in [5.41, 5.74) is 1.55. The van der Waals surface area contributed by atoms with E-state index in [0.717, 1.165) is 10.9 Å². The van der Waals surface area contributed by atoms with E-state index < -0.39 is 17.9 Å². The van der Waals surface area contributed by atoms with Crippen LogP contribution < -0.4 is 5.32 Å². The maximum absolute atomic E-state index is 12.4. The Bertz CT molecular complexity index is 821. The molecule has 0 aliphatic carbocycles. The summed E-state index contributed by atoms with van der Waals surface area (Å²) in [5.74, 6) is -0.779. The van der Waals surface area contributed by atoms with Gasteiger partial charge in [0.25, 0.3) is 5.91 Å². The monoisotopic (exact) mass is 323 g/mol. The molecule has 0 bridgehead atoms. The third-order valence-corrected chi connectivity index (χ3v) is 3.72. The number of amides is 1.